The van der Waals surface area contributed by atoms with E-state index in [0.29, 0.717) is 22.7 Å². The van der Waals surface area contributed by atoms with Gasteiger partial charge in [-0.25, -0.2) is 0 Å². The molecule has 3 aromatic carbocycles. The third kappa shape index (κ3) is 3.10. The smallest absolute Gasteiger partial charge is 0.416 e. The van der Waals surface area contributed by atoms with Crippen molar-refractivity contribution in [1.29, 1.82) is 0 Å². The van der Waals surface area contributed by atoms with Crippen LogP contribution in [0.2, 0.25) is 0 Å². The topological polar surface area (TPSA) is 32.6 Å². The van der Waals surface area contributed by atoms with Crippen LogP contribution in [-0.2, 0) is 6.18 Å². The lowest BCUT2D eigenvalue weighted by atomic mass is 10.1. The molecule has 0 aliphatic heterocycles. The molecule has 0 N–H and O–H groups in total. The van der Waals surface area contributed by atoms with Crippen molar-refractivity contribution in [3.8, 4) is 22.9 Å². The highest BCUT2D eigenvalue weighted by molar-refractivity contribution is 6.10. The number of nitrogens with zero attached hydrogens (tertiary/aromatic N) is 1. The van der Waals surface area contributed by atoms with E-state index in [1.165, 1.54) is 7.11 Å². The Kier molecular flexibility index (Phi) is 4.76. The SMILES string of the molecule is COc1ccc2c(c1)c1cc(OC)ccc1n2-c1c(C)cc(C(F)(F)F)cc1OC. The number of alkyl halides is 3. The molecule has 0 spiro atoms. The van der Waals surface area contributed by atoms with Crippen molar-refractivity contribution in [2.45, 2.75) is 13.1 Å². The maximum absolute atomic E-state index is 13.3. The number of hydrogen-bond acceptors (Lipinski definition) is 3. The van der Waals surface area contributed by atoms with E-state index < -0.39 is 11.7 Å². The summed E-state index contributed by atoms with van der Waals surface area (Å²) in [5.41, 5.74) is 1.90. The fraction of sp³-hybridized carbons (Fsp3) is 0.217. The van der Waals surface area contributed by atoms with Crippen LogP contribution in [0.25, 0.3) is 27.5 Å². The third-order valence-corrected chi connectivity index (χ3v) is 5.22. The van der Waals surface area contributed by atoms with Crippen molar-refractivity contribution in [1.82, 2.24) is 4.57 Å². The zero-order valence-corrected chi connectivity index (χ0v) is 16.9. The summed E-state index contributed by atoms with van der Waals surface area (Å²) in [6.07, 6.45) is -4.46. The fourth-order valence-corrected chi connectivity index (χ4v) is 3.83. The van der Waals surface area contributed by atoms with Gasteiger partial charge < -0.3 is 18.8 Å². The Balaban J connectivity index is 2.13. The maximum atomic E-state index is 13.3. The number of hydrogen-bond donors (Lipinski definition) is 0. The second-order valence-electron chi connectivity index (χ2n) is 6.94. The predicted molar refractivity (Wildman–Crippen MR) is 110 cm³/mol. The molecule has 0 bridgehead atoms. The van der Waals surface area contributed by atoms with Crippen molar-refractivity contribution < 1.29 is 27.4 Å². The molecule has 0 radical (unpaired) electrons. The van der Waals surface area contributed by atoms with Crippen molar-refractivity contribution in [3.05, 3.63) is 59.7 Å². The van der Waals surface area contributed by atoms with Crippen LogP contribution in [0.1, 0.15) is 11.1 Å². The molecule has 1 aromatic heterocycles. The second kappa shape index (κ2) is 7.16. The van der Waals surface area contributed by atoms with Crippen molar-refractivity contribution in [3.63, 3.8) is 0 Å². The zero-order chi connectivity index (χ0) is 21.6. The summed E-state index contributed by atoms with van der Waals surface area (Å²) in [6, 6.07) is 13.4. The zero-order valence-electron chi connectivity index (χ0n) is 16.9. The summed E-state index contributed by atoms with van der Waals surface area (Å²) < 4.78 is 58.1. The van der Waals surface area contributed by atoms with Crippen LogP contribution in [0.3, 0.4) is 0 Å². The molecule has 0 atom stereocenters. The quantitative estimate of drug-likeness (QED) is 0.402. The molecule has 7 heteroatoms. The average molecular weight is 415 g/mol. The Bertz CT molecular complexity index is 1200. The number of rotatable bonds is 4. The van der Waals surface area contributed by atoms with Crippen LogP contribution >= 0.6 is 0 Å². The van der Waals surface area contributed by atoms with Gasteiger partial charge in [0.05, 0.1) is 43.6 Å². The van der Waals surface area contributed by atoms with Gasteiger partial charge in [0.15, 0.2) is 0 Å². The number of fused-ring (bicyclic) bond motifs is 3. The molecule has 0 aliphatic carbocycles. The van der Waals surface area contributed by atoms with Gasteiger partial charge in [0.25, 0.3) is 0 Å². The molecule has 4 aromatic rings. The van der Waals surface area contributed by atoms with Crippen LogP contribution in [0, 0.1) is 6.92 Å². The van der Waals surface area contributed by atoms with Crippen molar-refractivity contribution in [2.24, 2.45) is 0 Å². The van der Waals surface area contributed by atoms with E-state index in [-0.39, 0.29) is 5.75 Å². The summed E-state index contributed by atoms with van der Waals surface area (Å²) in [5.74, 6) is 1.51. The largest absolute Gasteiger partial charge is 0.497 e. The molecule has 0 fully saturated rings. The van der Waals surface area contributed by atoms with Crippen LogP contribution in [0.15, 0.2) is 48.5 Å². The lowest BCUT2D eigenvalue weighted by Gasteiger charge is -2.18. The monoisotopic (exact) mass is 415 g/mol. The van der Waals surface area contributed by atoms with Gasteiger partial charge >= 0.3 is 6.18 Å². The summed E-state index contributed by atoms with van der Waals surface area (Å²) in [7, 11) is 4.55. The summed E-state index contributed by atoms with van der Waals surface area (Å²) >= 11 is 0. The van der Waals surface area contributed by atoms with E-state index in [1.54, 1.807) is 21.1 Å². The molecule has 0 amide bonds. The summed E-state index contributed by atoms with van der Waals surface area (Å²) in [5, 5.41) is 1.79. The van der Waals surface area contributed by atoms with E-state index in [0.717, 1.165) is 33.9 Å². The highest BCUT2D eigenvalue weighted by Crippen LogP contribution is 2.42. The van der Waals surface area contributed by atoms with E-state index in [4.69, 9.17) is 14.2 Å². The minimum Gasteiger partial charge on any atom is -0.497 e. The number of aromatic nitrogens is 1. The Labute approximate surface area is 171 Å². The first kappa shape index (κ1) is 19.9. The number of ether oxygens (including phenoxy) is 3. The minimum absolute atomic E-state index is 0.146. The molecule has 0 saturated carbocycles. The first-order valence-electron chi connectivity index (χ1n) is 9.21. The predicted octanol–water partition coefficient (Wildman–Crippen LogP) is 6.14. The molecule has 0 aliphatic rings. The van der Waals surface area contributed by atoms with Gasteiger partial charge in [-0.15, -0.1) is 0 Å². The third-order valence-electron chi connectivity index (χ3n) is 5.22. The first-order valence-corrected chi connectivity index (χ1v) is 9.21. The Morgan fingerprint density at radius 1 is 0.733 bits per heavy atom. The molecule has 0 unspecified atom stereocenters. The van der Waals surface area contributed by atoms with Gasteiger partial charge in [0.2, 0.25) is 0 Å². The molecule has 1 heterocycles. The summed E-state index contributed by atoms with van der Waals surface area (Å²) in [4.78, 5) is 0. The van der Waals surface area contributed by atoms with E-state index in [9.17, 15) is 13.2 Å². The fourth-order valence-electron chi connectivity index (χ4n) is 3.83. The van der Waals surface area contributed by atoms with Gasteiger partial charge in [-0.3, -0.25) is 0 Å². The standard InChI is InChI=1S/C23H20F3NO3/c1-13-9-14(23(24,25)26)10-21(30-4)22(13)27-19-7-5-15(28-2)11-17(19)18-12-16(29-3)6-8-20(18)27/h5-12H,1-4H3. The van der Waals surface area contributed by atoms with Gasteiger partial charge in [0, 0.05) is 10.8 Å². The Hall–Kier alpha value is -3.35. The second-order valence-corrected chi connectivity index (χ2v) is 6.94. The maximum Gasteiger partial charge on any atom is 0.416 e. The molecular weight excluding hydrogens is 395 g/mol. The average Bonchev–Trinajstić information content (AvgIpc) is 3.04. The molecule has 30 heavy (non-hydrogen) atoms. The molecule has 156 valence electrons. The van der Waals surface area contributed by atoms with Gasteiger partial charge in [-0.05, 0) is 61.0 Å². The summed E-state index contributed by atoms with van der Waals surface area (Å²) in [6.45, 7) is 1.65. The van der Waals surface area contributed by atoms with Crippen molar-refractivity contribution >= 4 is 21.8 Å². The van der Waals surface area contributed by atoms with E-state index in [1.807, 2.05) is 41.0 Å². The highest BCUT2D eigenvalue weighted by Gasteiger charge is 2.32. The highest BCUT2D eigenvalue weighted by atomic mass is 19.4. The lowest BCUT2D eigenvalue weighted by molar-refractivity contribution is -0.137. The Morgan fingerprint density at radius 2 is 1.27 bits per heavy atom. The number of halogens is 3. The van der Waals surface area contributed by atoms with Crippen LogP contribution in [0.5, 0.6) is 17.2 Å². The van der Waals surface area contributed by atoms with E-state index in [2.05, 4.69) is 0 Å². The minimum atomic E-state index is -4.46. The van der Waals surface area contributed by atoms with E-state index >= 15 is 0 Å². The molecular formula is C23H20F3NO3. The molecule has 4 nitrogen and oxygen atoms in total. The van der Waals surface area contributed by atoms with Gasteiger partial charge in [-0.2, -0.15) is 13.2 Å². The Morgan fingerprint density at radius 3 is 1.70 bits per heavy atom. The first-order chi connectivity index (χ1) is 14.3. The van der Waals surface area contributed by atoms with Crippen LogP contribution in [-0.4, -0.2) is 25.9 Å². The lowest BCUT2D eigenvalue weighted by Crippen LogP contribution is -2.08. The van der Waals surface area contributed by atoms with Gasteiger partial charge in [0.1, 0.15) is 17.2 Å². The normalized spacial score (nSPS) is 11.8. The number of aryl methyl sites for hydroxylation is 1. The molecule has 4 rings (SSSR count). The number of benzene rings is 3. The molecule has 0 saturated heterocycles. The van der Waals surface area contributed by atoms with Gasteiger partial charge in [-0.1, -0.05) is 0 Å². The van der Waals surface area contributed by atoms with Crippen LogP contribution in [0.4, 0.5) is 13.2 Å². The van der Waals surface area contributed by atoms with Crippen LogP contribution < -0.4 is 14.2 Å². The van der Waals surface area contributed by atoms with Crippen molar-refractivity contribution in [2.75, 3.05) is 21.3 Å². The number of methoxy groups -OCH3 is 3.